The third-order valence-corrected chi connectivity index (χ3v) is 1.04. The molecule has 0 radical (unpaired) electrons. The molecule has 0 bridgehead atoms. The Morgan fingerprint density at radius 1 is 2.00 bits per heavy atom. The predicted molar refractivity (Wildman–Crippen MR) is 33.5 cm³/mol. The zero-order valence-electron chi connectivity index (χ0n) is 3.57. The molecule has 1 unspecified atom stereocenters. The topological polar surface area (TPSA) is 72.6 Å². The molecule has 0 saturated carbocycles. The Hall–Kier alpha value is 0.330. The van der Waals surface area contributed by atoms with Crippen LogP contribution >= 0.6 is 31.6 Å². The molecule has 0 saturated heterocycles. The van der Waals surface area contributed by atoms with Gasteiger partial charge in [0.05, 0.1) is 0 Å². The zero-order chi connectivity index (χ0) is 6.78. The van der Waals surface area contributed by atoms with Gasteiger partial charge < -0.3 is 9.42 Å². The normalized spacial score (nSPS) is 16.9. The minimum Gasteiger partial charge on any atom is -0.391 e. The molecule has 0 aromatic rings. The summed E-state index contributed by atoms with van der Waals surface area (Å²) in [4.78, 5) is 8.13. The van der Waals surface area contributed by atoms with Gasteiger partial charge in [-0.2, -0.15) is 0 Å². The highest BCUT2D eigenvalue weighted by Crippen LogP contribution is 2.31. The molecule has 0 rings (SSSR count). The molecule has 0 aromatic heterocycles. The monoisotopic (exact) mass is 175 g/mol. The highest BCUT2D eigenvalue weighted by Gasteiger charge is 2.12. The highest BCUT2D eigenvalue weighted by atomic mass is 35.5. The summed E-state index contributed by atoms with van der Waals surface area (Å²) in [5.41, 5.74) is 4.45. The third-order valence-electron chi connectivity index (χ3n) is 0.203. The predicted octanol–water partition coefficient (Wildman–Crippen LogP) is 0.586. The number of hydrogen-bond acceptors (Lipinski definition) is 3. The molecular formula is CH3ClNO3PS. The van der Waals surface area contributed by atoms with Crippen LogP contribution < -0.4 is 5.50 Å². The number of thiocarbonyl (C=S) groups is 1. The van der Waals surface area contributed by atoms with Gasteiger partial charge in [-0.3, -0.25) is 0 Å². The summed E-state index contributed by atoms with van der Waals surface area (Å²) in [6.07, 6.45) is 0. The van der Waals surface area contributed by atoms with Gasteiger partial charge >= 0.3 is 7.75 Å². The Kier molecular flexibility index (Phi) is 2.87. The van der Waals surface area contributed by atoms with Gasteiger partial charge in [-0.25, -0.2) is 10.1 Å². The van der Waals surface area contributed by atoms with Crippen LogP contribution in [0.5, 0.6) is 0 Å². The number of nitrogens with two attached hydrogens (primary N) is 1. The first kappa shape index (κ1) is 8.33. The molecule has 0 amide bonds. The van der Waals surface area contributed by atoms with Crippen LogP contribution in [0.3, 0.4) is 0 Å². The van der Waals surface area contributed by atoms with E-state index in [1.807, 2.05) is 0 Å². The second-order valence-electron chi connectivity index (χ2n) is 0.893. The number of halogens is 1. The van der Waals surface area contributed by atoms with E-state index in [1.54, 1.807) is 0 Å². The molecule has 4 nitrogen and oxygen atoms in total. The van der Waals surface area contributed by atoms with E-state index in [-0.39, 0.29) is 0 Å². The van der Waals surface area contributed by atoms with Crippen molar-refractivity contribution >= 4 is 36.1 Å². The second-order valence-corrected chi connectivity index (χ2v) is 3.14. The van der Waals surface area contributed by atoms with Crippen LogP contribution in [0.15, 0.2) is 0 Å². The van der Waals surface area contributed by atoms with Gasteiger partial charge in [-0.1, -0.05) is 0 Å². The molecule has 0 aliphatic carbocycles. The van der Waals surface area contributed by atoms with E-state index in [0.717, 1.165) is 0 Å². The lowest BCUT2D eigenvalue weighted by Crippen LogP contribution is -1.98. The summed E-state index contributed by atoms with van der Waals surface area (Å²) >= 11 is 8.93. The quantitative estimate of drug-likeness (QED) is 0.347. The standard InChI is InChI=1S/CH3ClNO3PS/c2-1(8)6-7(3,4)5/h(H3,3,4,5). The molecule has 0 spiro atoms. The lowest BCUT2D eigenvalue weighted by atomic mass is 11.7. The van der Waals surface area contributed by atoms with Gasteiger partial charge in [0.15, 0.2) is 0 Å². The first-order valence-corrected chi connectivity index (χ1v) is 3.85. The summed E-state index contributed by atoms with van der Waals surface area (Å²) < 4.78 is 13.2. The summed E-state index contributed by atoms with van der Waals surface area (Å²) in [5.74, 6) is 0. The van der Waals surface area contributed by atoms with E-state index in [4.69, 9.17) is 16.5 Å². The van der Waals surface area contributed by atoms with Gasteiger partial charge in [-0.05, 0) is 23.8 Å². The fourth-order valence-corrected chi connectivity index (χ4v) is 0.926. The Labute approximate surface area is 56.2 Å². The van der Waals surface area contributed by atoms with Crippen LogP contribution in [-0.2, 0) is 9.09 Å². The van der Waals surface area contributed by atoms with Gasteiger partial charge in [-0.15, -0.1) is 0 Å². The van der Waals surface area contributed by atoms with Crippen LogP contribution in [0, 0.1) is 0 Å². The van der Waals surface area contributed by atoms with E-state index >= 15 is 0 Å². The number of rotatable bonds is 1. The van der Waals surface area contributed by atoms with Crippen molar-refractivity contribution in [1.29, 1.82) is 0 Å². The van der Waals surface area contributed by atoms with Crippen molar-refractivity contribution < 1.29 is 14.0 Å². The lowest BCUT2D eigenvalue weighted by Gasteiger charge is -2.01. The molecule has 0 heterocycles. The largest absolute Gasteiger partial charge is 0.454 e. The van der Waals surface area contributed by atoms with Crippen molar-refractivity contribution in [3.63, 3.8) is 0 Å². The van der Waals surface area contributed by atoms with E-state index in [0.29, 0.717) is 0 Å². The minimum atomic E-state index is -3.99. The van der Waals surface area contributed by atoms with Crippen molar-refractivity contribution in [3.8, 4) is 0 Å². The summed E-state index contributed by atoms with van der Waals surface area (Å²) in [5, 5.41) is 0. The average Bonchev–Trinajstić information content (AvgIpc) is 1.21. The summed E-state index contributed by atoms with van der Waals surface area (Å²) in [6, 6.07) is 0. The summed E-state index contributed by atoms with van der Waals surface area (Å²) in [6.45, 7) is 0. The van der Waals surface area contributed by atoms with E-state index < -0.39 is 12.3 Å². The van der Waals surface area contributed by atoms with Crippen LogP contribution in [0.1, 0.15) is 0 Å². The van der Waals surface area contributed by atoms with Crippen molar-refractivity contribution in [2.45, 2.75) is 0 Å². The SMILES string of the molecule is NP(=O)(O)OC(=S)Cl. The van der Waals surface area contributed by atoms with Crippen molar-refractivity contribution in [3.05, 3.63) is 0 Å². The first-order chi connectivity index (χ1) is 3.42. The smallest absolute Gasteiger partial charge is 0.391 e. The van der Waals surface area contributed by atoms with Crippen molar-refractivity contribution in [2.75, 3.05) is 0 Å². The van der Waals surface area contributed by atoms with Gasteiger partial charge in [0, 0.05) is 0 Å². The molecule has 0 aliphatic rings. The second kappa shape index (κ2) is 2.75. The molecule has 0 aromatic carbocycles. The molecule has 1 atom stereocenters. The Balaban J connectivity index is 3.74. The molecular weight excluding hydrogens is 173 g/mol. The number of hydrogen-bond donors (Lipinski definition) is 2. The van der Waals surface area contributed by atoms with Crippen LogP contribution in [-0.4, -0.2) is 9.40 Å². The molecule has 7 heteroatoms. The molecule has 8 heavy (non-hydrogen) atoms. The van der Waals surface area contributed by atoms with Gasteiger partial charge in [0.2, 0.25) is 0 Å². The Morgan fingerprint density at radius 3 is 2.38 bits per heavy atom. The molecule has 0 fully saturated rings. The van der Waals surface area contributed by atoms with Crippen molar-refractivity contribution in [1.82, 2.24) is 0 Å². The first-order valence-electron chi connectivity index (χ1n) is 1.42. The van der Waals surface area contributed by atoms with Crippen molar-refractivity contribution in [2.24, 2.45) is 5.50 Å². The molecule has 48 valence electrons. The Morgan fingerprint density at radius 2 is 2.38 bits per heavy atom. The van der Waals surface area contributed by atoms with E-state index in [2.05, 4.69) is 22.2 Å². The van der Waals surface area contributed by atoms with Crippen LogP contribution in [0.2, 0.25) is 0 Å². The van der Waals surface area contributed by atoms with Crippen LogP contribution in [0.4, 0.5) is 0 Å². The summed E-state index contributed by atoms with van der Waals surface area (Å²) in [7, 11) is -3.99. The van der Waals surface area contributed by atoms with E-state index in [9.17, 15) is 4.57 Å². The maximum Gasteiger partial charge on any atom is 0.454 e. The minimum absolute atomic E-state index is 0.557. The maximum atomic E-state index is 9.96. The molecule has 0 aliphatic heterocycles. The fourth-order valence-electron chi connectivity index (χ4n) is 0.103. The third kappa shape index (κ3) is 6.33. The van der Waals surface area contributed by atoms with Gasteiger partial charge in [0.1, 0.15) is 0 Å². The van der Waals surface area contributed by atoms with Gasteiger partial charge in [0.25, 0.3) is 4.51 Å². The average molecular weight is 176 g/mol. The zero-order valence-corrected chi connectivity index (χ0v) is 6.04. The Bertz CT molecular complexity index is 142. The lowest BCUT2D eigenvalue weighted by molar-refractivity contribution is 0.384. The highest BCUT2D eigenvalue weighted by molar-refractivity contribution is 7.83. The molecule has 3 N–H and O–H groups in total. The fraction of sp³-hybridized carbons (Fsp3) is 0. The van der Waals surface area contributed by atoms with Crippen LogP contribution in [0.25, 0.3) is 0 Å². The maximum absolute atomic E-state index is 9.96. The van der Waals surface area contributed by atoms with E-state index in [1.165, 1.54) is 0 Å².